The lowest BCUT2D eigenvalue weighted by atomic mass is 9.97. The van der Waals surface area contributed by atoms with E-state index >= 15 is 0 Å². The first-order valence-corrected chi connectivity index (χ1v) is 7.06. The number of carbonyl (C=O) groups is 1. The summed E-state index contributed by atoms with van der Waals surface area (Å²) in [5, 5.41) is 6.49. The van der Waals surface area contributed by atoms with Gasteiger partial charge in [-0.05, 0) is 43.9 Å². The molecule has 0 bridgehead atoms. The molecule has 4 heteroatoms. The molecule has 1 heterocycles. The molecule has 19 heavy (non-hydrogen) atoms. The van der Waals surface area contributed by atoms with Crippen molar-refractivity contribution in [2.75, 3.05) is 16.4 Å². The highest BCUT2D eigenvalue weighted by molar-refractivity contribution is 5.95. The first kappa shape index (κ1) is 12.3. The van der Waals surface area contributed by atoms with Crippen LogP contribution in [0.1, 0.15) is 44.6 Å². The Morgan fingerprint density at radius 2 is 2.00 bits per heavy atom. The second-order valence-corrected chi connectivity index (χ2v) is 6.04. The number of carbonyl (C=O) groups excluding carboxylic acids is 1. The zero-order chi connectivity index (χ0) is 13.5. The third-order valence-corrected chi connectivity index (χ3v) is 4.31. The second-order valence-electron chi connectivity index (χ2n) is 6.04. The summed E-state index contributed by atoms with van der Waals surface area (Å²) < 4.78 is 0. The molecule has 102 valence electrons. The molecule has 1 amide bonds. The molecule has 1 aliphatic carbocycles. The summed E-state index contributed by atoms with van der Waals surface area (Å²) in [5.41, 5.74) is 10.1. The molecule has 1 aliphatic heterocycles. The third kappa shape index (κ3) is 2.39. The van der Waals surface area contributed by atoms with E-state index in [1.807, 2.05) is 6.07 Å². The Balaban J connectivity index is 1.88. The maximum atomic E-state index is 11.4. The van der Waals surface area contributed by atoms with Gasteiger partial charge < -0.3 is 16.4 Å². The molecule has 4 nitrogen and oxygen atoms in total. The van der Waals surface area contributed by atoms with Crippen molar-refractivity contribution in [3.05, 3.63) is 17.7 Å². The van der Waals surface area contributed by atoms with Gasteiger partial charge in [-0.25, -0.2) is 0 Å². The van der Waals surface area contributed by atoms with Crippen LogP contribution in [0.2, 0.25) is 0 Å². The number of nitrogens with one attached hydrogen (secondary N) is 2. The van der Waals surface area contributed by atoms with Crippen LogP contribution < -0.4 is 16.4 Å². The predicted octanol–water partition coefficient (Wildman–Crippen LogP) is 2.90. The predicted molar refractivity (Wildman–Crippen MR) is 78.3 cm³/mol. The number of anilines is 3. The molecule has 2 aliphatic rings. The van der Waals surface area contributed by atoms with Crippen LogP contribution in [0.15, 0.2) is 12.1 Å². The molecule has 0 aromatic heterocycles. The van der Waals surface area contributed by atoms with Gasteiger partial charge in [0.25, 0.3) is 0 Å². The largest absolute Gasteiger partial charge is 0.397 e. The lowest BCUT2D eigenvalue weighted by molar-refractivity contribution is -0.116. The monoisotopic (exact) mass is 259 g/mol. The molecule has 0 saturated heterocycles. The van der Waals surface area contributed by atoms with E-state index in [2.05, 4.69) is 23.6 Å². The molecule has 1 aromatic rings. The number of fused-ring (bicyclic) bond motifs is 1. The summed E-state index contributed by atoms with van der Waals surface area (Å²) in [5.74, 6) is 0.0790. The Bertz CT molecular complexity index is 518. The average molecular weight is 259 g/mol. The molecule has 1 aromatic carbocycles. The fourth-order valence-electron chi connectivity index (χ4n) is 3.16. The average Bonchev–Trinajstić information content (AvgIpc) is 2.77. The summed E-state index contributed by atoms with van der Waals surface area (Å²) in [6.07, 6.45) is 6.32. The topological polar surface area (TPSA) is 67.2 Å². The molecule has 1 saturated carbocycles. The van der Waals surface area contributed by atoms with Crippen molar-refractivity contribution in [3.8, 4) is 0 Å². The van der Waals surface area contributed by atoms with Crippen LogP contribution in [0, 0.1) is 0 Å². The van der Waals surface area contributed by atoms with Crippen LogP contribution in [-0.4, -0.2) is 11.4 Å². The number of benzene rings is 1. The summed E-state index contributed by atoms with van der Waals surface area (Å²) in [4.78, 5) is 11.4. The summed E-state index contributed by atoms with van der Waals surface area (Å²) in [6, 6.07) is 3.99. The smallest absolute Gasteiger partial charge is 0.224 e. The lowest BCUT2D eigenvalue weighted by Gasteiger charge is -2.29. The zero-order valence-corrected chi connectivity index (χ0v) is 11.4. The fraction of sp³-hybridized carbons (Fsp3) is 0.533. The molecule has 0 unspecified atom stereocenters. The van der Waals surface area contributed by atoms with Gasteiger partial charge in [0, 0.05) is 17.6 Å². The maximum absolute atomic E-state index is 11.4. The minimum atomic E-state index is 0.0790. The van der Waals surface area contributed by atoms with Gasteiger partial charge in [-0.1, -0.05) is 12.8 Å². The number of hydrogen-bond acceptors (Lipinski definition) is 3. The van der Waals surface area contributed by atoms with Crippen LogP contribution in [0.5, 0.6) is 0 Å². The number of nitrogens with two attached hydrogens (primary N) is 1. The van der Waals surface area contributed by atoms with Crippen LogP contribution >= 0.6 is 0 Å². The summed E-state index contributed by atoms with van der Waals surface area (Å²) >= 11 is 0. The standard InChI is InChI=1S/C15H21N3O/c1-15(6-2-3-7-15)18-13-8-10-4-5-14(19)17-12(10)9-11(13)16/h8-9,18H,2-7,16H2,1H3,(H,17,19). The number of rotatable bonds is 2. The number of hydrogen-bond donors (Lipinski definition) is 3. The zero-order valence-electron chi connectivity index (χ0n) is 11.4. The van der Waals surface area contributed by atoms with E-state index in [1.165, 1.54) is 31.2 Å². The van der Waals surface area contributed by atoms with Gasteiger partial charge in [0.1, 0.15) is 0 Å². The van der Waals surface area contributed by atoms with Gasteiger partial charge in [-0.15, -0.1) is 0 Å². The van der Waals surface area contributed by atoms with Gasteiger partial charge in [-0.2, -0.15) is 0 Å². The van der Waals surface area contributed by atoms with Crippen molar-refractivity contribution in [1.82, 2.24) is 0 Å². The van der Waals surface area contributed by atoms with Crippen LogP contribution in [0.3, 0.4) is 0 Å². The highest BCUT2D eigenvalue weighted by Crippen LogP contribution is 2.37. The molecule has 0 atom stereocenters. The molecular formula is C15H21N3O. The van der Waals surface area contributed by atoms with E-state index in [0.29, 0.717) is 12.1 Å². The normalized spacial score (nSPS) is 20.8. The fourth-order valence-corrected chi connectivity index (χ4v) is 3.16. The molecule has 4 N–H and O–H groups in total. The van der Waals surface area contributed by atoms with E-state index in [0.717, 1.165) is 17.8 Å². The third-order valence-electron chi connectivity index (χ3n) is 4.31. The minimum Gasteiger partial charge on any atom is -0.397 e. The van der Waals surface area contributed by atoms with Crippen molar-refractivity contribution < 1.29 is 4.79 Å². The lowest BCUT2D eigenvalue weighted by Crippen LogP contribution is -2.31. The van der Waals surface area contributed by atoms with E-state index < -0.39 is 0 Å². The summed E-state index contributed by atoms with van der Waals surface area (Å²) in [6.45, 7) is 2.26. The Hall–Kier alpha value is -1.71. The van der Waals surface area contributed by atoms with Crippen LogP contribution in [0.25, 0.3) is 0 Å². The number of amides is 1. The van der Waals surface area contributed by atoms with Gasteiger partial charge >= 0.3 is 0 Å². The Morgan fingerprint density at radius 3 is 2.74 bits per heavy atom. The molecule has 3 rings (SSSR count). The highest BCUT2D eigenvalue weighted by Gasteiger charge is 2.29. The van der Waals surface area contributed by atoms with E-state index in [9.17, 15) is 4.79 Å². The SMILES string of the molecule is CC1(Nc2cc3c(cc2N)NC(=O)CC3)CCCC1. The van der Waals surface area contributed by atoms with Crippen molar-refractivity contribution in [1.29, 1.82) is 0 Å². The number of nitrogen functional groups attached to an aromatic ring is 1. The summed E-state index contributed by atoms with van der Waals surface area (Å²) in [7, 11) is 0. The van der Waals surface area contributed by atoms with Crippen molar-refractivity contribution >= 4 is 23.0 Å². The molecule has 0 spiro atoms. The van der Waals surface area contributed by atoms with Gasteiger partial charge in [0.2, 0.25) is 5.91 Å². The van der Waals surface area contributed by atoms with Gasteiger partial charge in [0.15, 0.2) is 0 Å². The first-order valence-electron chi connectivity index (χ1n) is 7.06. The van der Waals surface area contributed by atoms with Crippen molar-refractivity contribution in [2.45, 2.75) is 51.0 Å². The van der Waals surface area contributed by atoms with E-state index in [-0.39, 0.29) is 11.4 Å². The Kier molecular flexibility index (Phi) is 2.88. The van der Waals surface area contributed by atoms with Gasteiger partial charge in [-0.3, -0.25) is 4.79 Å². The minimum absolute atomic E-state index is 0.0790. The Morgan fingerprint density at radius 1 is 1.26 bits per heavy atom. The van der Waals surface area contributed by atoms with Gasteiger partial charge in [0.05, 0.1) is 11.4 Å². The highest BCUT2D eigenvalue weighted by atomic mass is 16.1. The van der Waals surface area contributed by atoms with E-state index in [1.54, 1.807) is 0 Å². The van der Waals surface area contributed by atoms with E-state index in [4.69, 9.17) is 5.73 Å². The van der Waals surface area contributed by atoms with Crippen LogP contribution in [0.4, 0.5) is 17.1 Å². The first-order chi connectivity index (χ1) is 9.06. The Labute approximate surface area is 113 Å². The number of aryl methyl sites for hydroxylation is 1. The maximum Gasteiger partial charge on any atom is 0.224 e. The van der Waals surface area contributed by atoms with Crippen molar-refractivity contribution in [2.24, 2.45) is 0 Å². The molecule has 0 radical (unpaired) electrons. The van der Waals surface area contributed by atoms with Crippen LogP contribution in [-0.2, 0) is 11.2 Å². The molecule has 1 fully saturated rings. The second kappa shape index (κ2) is 4.44. The quantitative estimate of drug-likeness (QED) is 0.715. The molecular weight excluding hydrogens is 238 g/mol. The van der Waals surface area contributed by atoms with Crippen molar-refractivity contribution in [3.63, 3.8) is 0 Å².